The number of aromatic nitrogens is 2. The monoisotopic (exact) mass is 255 g/mol. The van der Waals surface area contributed by atoms with Crippen LogP contribution in [0.3, 0.4) is 0 Å². The van der Waals surface area contributed by atoms with Crippen LogP contribution in [0, 0.1) is 13.8 Å². The van der Waals surface area contributed by atoms with Crippen molar-refractivity contribution in [1.82, 2.24) is 9.97 Å². The Hall–Kier alpha value is -0.870. The Balaban J connectivity index is 2.31. The minimum Gasteiger partial charge on any atom is -0.372 e. The maximum absolute atomic E-state index is 6.17. The average Bonchev–Trinajstić information content (AvgIpc) is 2.22. The third-order valence-electron chi connectivity index (χ3n) is 2.97. The van der Waals surface area contributed by atoms with Gasteiger partial charge in [-0.3, -0.25) is 0 Å². The molecule has 1 aliphatic heterocycles. The fraction of sp³-hybridized carbons (Fsp3) is 0.667. The zero-order valence-electron chi connectivity index (χ0n) is 10.7. The Kier molecular flexibility index (Phi) is 3.27. The molecule has 0 amide bonds. The second-order valence-electron chi connectivity index (χ2n) is 5.04. The van der Waals surface area contributed by atoms with Crippen LogP contribution in [0.5, 0.6) is 0 Å². The summed E-state index contributed by atoms with van der Waals surface area (Å²) in [4.78, 5) is 11.0. The van der Waals surface area contributed by atoms with E-state index in [4.69, 9.17) is 16.3 Å². The van der Waals surface area contributed by atoms with E-state index >= 15 is 0 Å². The first-order valence-corrected chi connectivity index (χ1v) is 6.16. The molecule has 2 rings (SSSR count). The topological polar surface area (TPSA) is 38.2 Å². The molecule has 1 aromatic heterocycles. The van der Waals surface area contributed by atoms with Crippen molar-refractivity contribution in [3.63, 3.8) is 0 Å². The van der Waals surface area contributed by atoms with Gasteiger partial charge in [0.15, 0.2) is 11.0 Å². The molecule has 0 aromatic carbocycles. The molecule has 0 bridgehead atoms. The van der Waals surface area contributed by atoms with Gasteiger partial charge in [-0.1, -0.05) is 11.6 Å². The van der Waals surface area contributed by atoms with Crippen LogP contribution < -0.4 is 4.90 Å². The number of ether oxygens (including phenoxy) is 1. The summed E-state index contributed by atoms with van der Waals surface area (Å²) < 4.78 is 5.68. The number of morpholine rings is 1. The highest BCUT2D eigenvalue weighted by Gasteiger charge is 2.29. The van der Waals surface area contributed by atoms with Crippen molar-refractivity contribution in [2.45, 2.75) is 33.3 Å². The summed E-state index contributed by atoms with van der Waals surface area (Å²) in [6.45, 7) is 10.3. The molecule has 1 aromatic rings. The van der Waals surface area contributed by atoms with Crippen LogP contribution in [0.25, 0.3) is 0 Å². The molecular formula is C12H18ClN3O. The average molecular weight is 256 g/mol. The molecular weight excluding hydrogens is 238 g/mol. The van der Waals surface area contributed by atoms with Crippen molar-refractivity contribution in [3.05, 3.63) is 16.5 Å². The van der Waals surface area contributed by atoms with Crippen molar-refractivity contribution in [2.24, 2.45) is 0 Å². The molecule has 94 valence electrons. The van der Waals surface area contributed by atoms with E-state index in [9.17, 15) is 0 Å². The zero-order valence-corrected chi connectivity index (χ0v) is 11.5. The first-order chi connectivity index (χ1) is 7.89. The second-order valence-corrected chi connectivity index (χ2v) is 5.40. The van der Waals surface area contributed by atoms with Crippen LogP contribution in [-0.4, -0.2) is 35.3 Å². The van der Waals surface area contributed by atoms with Gasteiger partial charge >= 0.3 is 0 Å². The number of hydrogen-bond acceptors (Lipinski definition) is 4. The highest BCUT2D eigenvalue weighted by molar-refractivity contribution is 6.31. The number of halogens is 1. The summed E-state index contributed by atoms with van der Waals surface area (Å²) in [5.41, 5.74) is 1.64. The van der Waals surface area contributed by atoms with E-state index in [0.717, 1.165) is 30.3 Å². The first kappa shape index (κ1) is 12.6. The summed E-state index contributed by atoms with van der Waals surface area (Å²) in [7, 11) is 0. The van der Waals surface area contributed by atoms with E-state index in [0.29, 0.717) is 11.8 Å². The molecule has 2 heterocycles. The maximum atomic E-state index is 6.17. The fourth-order valence-electron chi connectivity index (χ4n) is 1.96. The van der Waals surface area contributed by atoms with Gasteiger partial charge in [0.2, 0.25) is 0 Å². The lowest BCUT2D eigenvalue weighted by molar-refractivity contribution is -0.0279. The molecule has 4 nitrogen and oxygen atoms in total. The molecule has 0 atom stereocenters. The van der Waals surface area contributed by atoms with E-state index in [1.54, 1.807) is 0 Å². The van der Waals surface area contributed by atoms with Gasteiger partial charge < -0.3 is 9.64 Å². The lowest BCUT2D eigenvalue weighted by atomic mass is 10.1. The molecule has 0 aliphatic carbocycles. The Bertz CT molecular complexity index is 434. The molecule has 1 saturated heterocycles. The van der Waals surface area contributed by atoms with Crippen LogP contribution in [0.4, 0.5) is 5.82 Å². The van der Waals surface area contributed by atoms with E-state index in [2.05, 4.69) is 28.7 Å². The molecule has 17 heavy (non-hydrogen) atoms. The number of hydrogen-bond donors (Lipinski definition) is 0. The lowest BCUT2D eigenvalue weighted by Gasteiger charge is -2.39. The quantitative estimate of drug-likeness (QED) is 0.772. The van der Waals surface area contributed by atoms with Gasteiger partial charge in [-0.2, -0.15) is 0 Å². The molecule has 0 N–H and O–H groups in total. The fourth-order valence-corrected chi connectivity index (χ4v) is 2.25. The SMILES string of the molecule is Cc1nc(Cl)c(N2CCOC(C)(C)C2)nc1C. The zero-order chi connectivity index (χ0) is 12.6. The van der Waals surface area contributed by atoms with Gasteiger partial charge in [0.25, 0.3) is 0 Å². The van der Waals surface area contributed by atoms with Crippen LogP contribution in [-0.2, 0) is 4.74 Å². The molecule has 0 spiro atoms. The Morgan fingerprint density at radius 1 is 1.24 bits per heavy atom. The van der Waals surface area contributed by atoms with Crippen molar-refractivity contribution < 1.29 is 4.74 Å². The van der Waals surface area contributed by atoms with Gasteiger partial charge in [0.1, 0.15) is 0 Å². The summed E-state index contributed by atoms with van der Waals surface area (Å²) in [6, 6.07) is 0. The largest absolute Gasteiger partial charge is 0.372 e. The predicted molar refractivity (Wildman–Crippen MR) is 68.8 cm³/mol. The van der Waals surface area contributed by atoms with E-state index in [1.165, 1.54) is 0 Å². The van der Waals surface area contributed by atoms with Crippen molar-refractivity contribution in [3.8, 4) is 0 Å². The minimum atomic E-state index is -0.165. The molecule has 0 radical (unpaired) electrons. The standard InChI is InChI=1S/C12H18ClN3O/c1-8-9(2)15-11(10(13)14-8)16-5-6-17-12(3,4)7-16/h5-7H2,1-4H3. The second kappa shape index (κ2) is 4.42. The van der Waals surface area contributed by atoms with E-state index in [1.807, 2.05) is 13.8 Å². The lowest BCUT2D eigenvalue weighted by Crippen LogP contribution is -2.48. The summed E-state index contributed by atoms with van der Waals surface area (Å²) in [5.74, 6) is 0.770. The Morgan fingerprint density at radius 3 is 2.53 bits per heavy atom. The smallest absolute Gasteiger partial charge is 0.171 e. The number of nitrogens with zero attached hydrogens (tertiary/aromatic N) is 3. The first-order valence-electron chi connectivity index (χ1n) is 5.79. The number of aryl methyl sites for hydroxylation is 2. The highest BCUT2D eigenvalue weighted by atomic mass is 35.5. The molecule has 1 aliphatic rings. The van der Waals surface area contributed by atoms with Gasteiger partial charge in [0, 0.05) is 13.1 Å². The Labute approximate surface area is 107 Å². The third kappa shape index (κ3) is 2.69. The van der Waals surface area contributed by atoms with Crippen molar-refractivity contribution >= 4 is 17.4 Å². The third-order valence-corrected chi connectivity index (χ3v) is 3.23. The van der Waals surface area contributed by atoms with E-state index < -0.39 is 0 Å². The van der Waals surface area contributed by atoms with Gasteiger partial charge in [-0.25, -0.2) is 9.97 Å². The van der Waals surface area contributed by atoms with Crippen molar-refractivity contribution in [2.75, 3.05) is 24.6 Å². The summed E-state index contributed by atoms with van der Waals surface area (Å²) in [6.07, 6.45) is 0. The van der Waals surface area contributed by atoms with Gasteiger partial charge in [0.05, 0.1) is 23.6 Å². The summed E-state index contributed by atoms with van der Waals surface area (Å²) in [5, 5.41) is 0.478. The molecule has 0 saturated carbocycles. The number of anilines is 1. The Morgan fingerprint density at radius 2 is 1.88 bits per heavy atom. The maximum Gasteiger partial charge on any atom is 0.171 e. The summed E-state index contributed by atoms with van der Waals surface area (Å²) >= 11 is 6.17. The highest BCUT2D eigenvalue weighted by Crippen LogP contribution is 2.27. The van der Waals surface area contributed by atoms with Crippen LogP contribution in [0.2, 0.25) is 5.15 Å². The van der Waals surface area contributed by atoms with Crippen LogP contribution in [0.1, 0.15) is 25.2 Å². The van der Waals surface area contributed by atoms with Crippen molar-refractivity contribution in [1.29, 1.82) is 0 Å². The predicted octanol–water partition coefficient (Wildman–Crippen LogP) is 2.36. The van der Waals surface area contributed by atoms with Crippen LogP contribution >= 0.6 is 11.6 Å². The molecule has 0 unspecified atom stereocenters. The molecule has 1 fully saturated rings. The normalized spacial score (nSPS) is 19.5. The number of rotatable bonds is 1. The van der Waals surface area contributed by atoms with Crippen LogP contribution in [0.15, 0.2) is 0 Å². The molecule has 5 heteroatoms. The van der Waals surface area contributed by atoms with Gasteiger partial charge in [-0.05, 0) is 27.7 Å². The van der Waals surface area contributed by atoms with E-state index in [-0.39, 0.29) is 5.60 Å². The van der Waals surface area contributed by atoms with Gasteiger partial charge in [-0.15, -0.1) is 0 Å². The minimum absolute atomic E-state index is 0.165.